The van der Waals surface area contributed by atoms with Crippen LogP contribution in [0.4, 0.5) is 10.5 Å². The largest absolute Gasteiger partial charge is 0.487 e. The van der Waals surface area contributed by atoms with Crippen LogP contribution >= 0.6 is 15.9 Å². The van der Waals surface area contributed by atoms with Crippen LogP contribution in [0.15, 0.2) is 34.8 Å². The molecule has 0 saturated carbocycles. The van der Waals surface area contributed by atoms with Crippen LogP contribution in [0.2, 0.25) is 0 Å². The minimum atomic E-state index is -0.478. The number of aromatic nitrogens is 2. The van der Waals surface area contributed by atoms with Crippen LogP contribution in [-0.4, -0.2) is 64.3 Å². The summed E-state index contributed by atoms with van der Waals surface area (Å²) in [7, 11) is 1.92. The molecule has 1 aromatic heterocycles. The molecule has 9 heteroatoms. The van der Waals surface area contributed by atoms with Crippen molar-refractivity contribution >= 4 is 33.8 Å². The van der Waals surface area contributed by atoms with E-state index in [2.05, 4.69) is 38.1 Å². The van der Waals surface area contributed by atoms with E-state index in [-0.39, 0.29) is 12.7 Å². The number of aliphatic hydroxyl groups is 1. The third-order valence-corrected chi connectivity index (χ3v) is 6.52. The maximum Gasteiger partial charge on any atom is 0.410 e. The van der Waals surface area contributed by atoms with Crippen LogP contribution in [0.5, 0.6) is 5.75 Å². The molecule has 8 nitrogen and oxygen atoms in total. The second-order valence-electron chi connectivity index (χ2n) is 9.63. The highest BCUT2D eigenvalue weighted by atomic mass is 79.9. The second kappa shape index (κ2) is 12.4. The van der Waals surface area contributed by atoms with Crippen LogP contribution in [0.3, 0.4) is 0 Å². The molecule has 1 N–H and O–H groups in total. The Balaban J connectivity index is 1.50. The van der Waals surface area contributed by atoms with E-state index in [1.807, 2.05) is 56.8 Å². The van der Waals surface area contributed by atoms with Gasteiger partial charge in [-0.3, -0.25) is 4.68 Å². The monoisotopic (exact) mass is 548 g/mol. The molecule has 0 bridgehead atoms. The lowest BCUT2D eigenvalue weighted by Gasteiger charge is -2.36. The zero-order chi connectivity index (χ0) is 25.4. The van der Waals surface area contributed by atoms with Gasteiger partial charge in [0.05, 0.1) is 10.2 Å². The number of amides is 1. The number of aliphatic hydroxyl groups excluding tert-OH is 1. The van der Waals surface area contributed by atoms with Gasteiger partial charge in [-0.25, -0.2) is 4.79 Å². The van der Waals surface area contributed by atoms with E-state index in [4.69, 9.17) is 14.6 Å². The van der Waals surface area contributed by atoms with Gasteiger partial charge in [-0.2, -0.15) is 5.10 Å². The Morgan fingerprint density at radius 1 is 1.14 bits per heavy atom. The summed E-state index contributed by atoms with van der Waals surface area (Å²) in [6.45, 7) is 9.05. The molecule has 3 rings (SSSR count). The number of ether oxygens (including phenoxy) is 2. The molecule has 1 fully saturated rings. The van der Waals surface area contributed by atoms with Crippen molar-refractivity contribution in [3.8, 4) is 5.75 Å². The van der Waals surface area contributed by atoms with Gasteiger partial charge in [0, 0.05) is 45.5 Å². The molecule has 35 heavy (non-hydrogen) atoms. The number of allylic oxidation sites excluding steroid dienone is 1. The van der Waals surface area contributed by atoms with Crippen LogP contribution in [-0.2, 0) is 18.4 Å². The smallest absolute Gasteiger partial charge is 0.410 e. The lowest BCUT2D eigenvalue weighted by molar-refractivity contribution is 0.0240. The van der Waals surface area contributed by atoms with Gasteiger partial charge in [0.15, 0.2) is 0 Å². The number of rotatable bonds is 9. The van der Waals surface area contributed by atoms with E-state index in [0.717, 1.165) is 59.6 Å². The van der Waals surface area contributed by atoms with Crippen molar-refractivity contribution in [2.75, 3.05) is 37.7 Å². The fraction of sp³-hybridized carbons (Fsp3) is 0.538. The summed E-state index contributed by atoms with van der Waals surface area (Å²) < 4.78 is 14.2. The van der Waals surface area contributed by atoms with E-state index in [9.17, 15) is 4.79 Å². The van der Waals surface area contributed by atoms with Crippen molar-refractivity contribution in [3.05, 3.63) is 46.2 Å². The SMILES string of the molecule is Cn1nc(COc2ccc(N3CCN(C(=O)OC(C)(C)C)CC3)cc2)c(Br)c1C=CCCCCO. The van der Waals surface area contributed by atoms with E-state index in [1.165, 1.54) is 0 Å². The molecule has 1 saturated heterocycles. The first-order valence-corrected chi connectivity index (χ1v) is 12.9. The minimum absolute atomic E-state index is 0.233. The van der Waals surface area contributed by atoms with Gasteiger partial charge in [-0.15, -0.1) is 0 Å². The lowest BCUT2D eigenvalue weighted by atomic mass is 10.2. The highest BCUT2D eigenvalue weighted by Gasteiger charge is 2.26. The fourth-order valence-electron chi connectivity index (χ4n) is 3.79. The molecule has 0 atom stereocenters. The van der Waals surface area contributed by atoms with Gasteiger partial charge in [0.25, 0.3) is 0 Å². The highest BCUT2D eigenvalue weighted by Crippen LogP contribution is 2.26. The number of aryl methyl sites for hydroxylation is 1. The molecular formula is C26H37BrN4O4. The van der Waals surface area contributed by atoms with Crippen molar-refractivity contribution in [1.82, 2.24) is 14.7 Å². The molecule has 0 aliphatic carbocycles. The van der Waals surface area contributed by atoms with Crippen LogP contribution in [0, 0.1) is 0 Å². The number of carbonyl (C=O) groups is 1. The molecule has 192 valence electrons. The van der Waals surface area contributed by atoms with Crippen molar-refractivity contribution in [1.29, 1.82) is 0 Å². The second-order valence-corrected chi connectivity index (χ2v) is 10.4. The lowest BCUT2D eigenvalue weighted by Crippen LogP contribution is -2.50. The van der Waals surface area contributed by atoms with Gasteiger partial charge in [0.2, 0.25) is 0 Å². The number of hydrogen-bond acceptors (Lipinski definition) is 6. The molecule has 2 aromatic rings. The maximum atomic E-state index is 12.3. The number of nitrogens with zero attached hydrogens (tertiary/aromatic N) is 4. The summed E-state index contributed by atoms with van der Waals surface area (Å²) in [6.07, 6.45) is 6.61. The quantitative estimate of drug-likeness (QED) is 0.444. The van der Waals surface area contributed by atoms with Crippen LogP contribution < -0.4 is 9.64 Å². The number of carbonyl (C=O) groups excluding carboxylic acids is 1. The molecular weight excluding hydrogens is 512 g/mol. The Kier molecular flexibility index (Phi) is 9.63. The third-order valence-electron chi connectivity index (χ3n) is 5.66. The van der Waals surface area contributed by atoms with Crippen molar-refractivity contribution in [2.45, 2.75) is 52.2 Å². The van der Waals surface area contributed by atoms with Gasteiger partial charge >= 0.3 is 6.09 Å². The molecule has 0 radical (unpaired) electrons. The number of anilines is 1. The van der Waals surface area contributed by atoms with Gasteiger partial charge in [-0.1, -0.05) is 6.08 Å². The zero-order valence-corrected chi connectivity index (χ0v) is 22.8. The predicted molar refractivity (Wildman–Crippen MR) is 142 cm³/mol. The molecule has 1 aliphatic heterocycles. The Hall–Kier alpha value is -2.52. The standard InChI is InChI=1S/C26H37BrN4O4/c1-26(2,3)35-25(33)31-16-14-30(15-17-31)20-10-12-21(13-11-20)34-19-22-24(27)23(29(4)28-22)9-7-5-6-8-18-32/h7,9-13,32H,5-6,8,14-19H2,1-4H3. The Labute approximate surface area is 216 Å². The van der Waals surface area contributed by atoms with Crippen LogP contribution in [0.1, 0.15) is 51.4 Å². The highest BCUT2D eigenvalue weighted by molar-refractivity contribution is 9.10. The summed E-state index contributed by atoms with van der Waals surface area (Å²) in [4.78, 5) is 16.3. The number of piperazine rings is 1. The predicted octanol–water partition coefficient (Wildman–Crippen LogP) is 4.99. The average molecular weight is 550 g/mol. The summed E-state index contributed by atoms with van der Waals surface area (Å²) in [5.74, 6) is 0.778. The number of benzene rings is 1. The Morgan fingerprint density at radius 2 is 1.83 bits per heavy atom. The van der Waals surface area contributed by atoms with Crippen molar-refractivity contribution < 1.29 is 19.4 Å². The topological polar surface area (TPSA) is 80.1 Å². The molecule has 0 unspecified atom stereocenters. The number of hydrogen-bond donors (Lipinski definition) is 1. The summed E-state index contributed by atoms with van der Waals surface area (Å²) in [5.41, 5.74) is 2.46. The number of halogens is 1. The van der Waals surface area contributed by atoms with Gasteiger partial charge < -0.3 is 24.4 Å². The molecule has 1 amide bonds. The Bertz CT molecular complexity index is 990. The molecule has 2 heterocycles. The van der Waals surface area contributed by atoms with Crippen molar-refractivity contribution in [3.63, 3.8) is 0 Å². The summed E-state index contributed by atoms with van der Waals surface area (Å²) in [5, 5.41) is 13.5. The van der Waals surface area contributed by atoms with Gasteiger partial charge in [-0.05, 0) is 86.3 Å². The van der Waals surface area contributed by atoms with E-state index >= 15 is 0 Å². The maximum absolute atomic E-state index is 12.3. The van der Waals surface area contributed by atoms with E-state index in [0.29, 0.717) is 19.7 Å². The fourth-order valence-corrected chi connectivity index (χ4v) is 4.37. The molecule has 0 spiro atoms. The van der Waals surface area contributed by atoms with Gasteiger partial charge in [0.1, 0.15) is 23.7 Å². The average Bonchev–Trinajstić information content (AvgIpc) is 3.09. The van der Waals surface area contributed by atoms with Crippen molar-refractivity contribution in [2.24, 2.45) is 7.05 Å². The summed E-state index contributed by atoms with van der Waals surface area (Å²) in [6, 6.07) is 8.03. The third kappa shape index (κ3) is 8.00. The number of unbranched alkanes of at least 4 members (excludes halogenated alkanes) is 2. The normalized spacial score (nSPS) is 14.6. The molecule has 1 aliphatic rings. The van der Waals surface area contributed by atoms with E-state index in [1.54, 1.807) is 4.90 Å². The van der Waals surface area contributed by atoms with E-state index < -0.39 is 5.60 Å². The first kappa shape index (κ1) is 27.1. The summed E-state index contributed by atoms with van der Waals surface area (Å²) >= 11 is 3.65. The Morgan fingerprint density at radius 3 is 2.46 bits per heavy atom. The molecule has 1 aromatic carbocycles. The zero-order valence-electron chi connectivity index (χ0n) is 21.2. The first-order chi connectivity index (χ1) is 16.7. The van der Waals surface area contributed by atoms with Crippen LogP contribution in [0.25, 0.3) is 6.08 Å². The minimum Gasteiger partial charge on any atom is -0.487 e. The first-order valence-electron chi connectivity index (χ1n) is 12.1.